The first-order valence-electron chi connectivity index (χ1n) is 5.95. The molecule has 0 spiro atoms. The Kier molecular flexibility index (Phi) is 6.54. The fraction of sp³-hybridized carbons (Fsp3) is 0.308. The minimum absolute atomic E-state index is 0. The van der Waals surface area contributed by atoms with Crippen LogP contribution < -0.4 is 0 Å². The summed E-state index contributed by atoms with van der Waals surface area (Å²) in [6.45, 7) is 3.64. The standard InChI is InChI=1S/C13H15N3O2S.ClH/c1-9(2)18-11(17)8-19-13-14-12(15-16-13)10-6-4-3-5-7-10;/h3-7,9H,8H2,1-2H3,(H,14,15,16);1H. The predicted octanol–water partition coefficient (Wildman–Crippen LogP) is 2.94. The van der Waals surface area contributed by atoms with Crippen molar-refractivity contribution in [1.82, 2.24) is 15.2 Å². The predicted molar refractivity (Wildman–Crippen MR) is 81.0 cm³/mol. The maximum Gasteiger partial charge on any atom is 0.316 e. The minimum atomic E-state index is -0.258. The number of benzene rings is 1. The fourth-order valence-electron chi connectivity index (χ4n) is 1.46. The van der Waals surface area contributed by atoms with Gasteiger partial charge in [-0.25, -0.2) is 4.98 Å². The normalized spacial score (nSPS) is 10.2. The van der Waals surface area contributed by atoms with E-state index in [1.54, 1.807) is 0 Å². The van der Waals surface area contributed by atoms with E-state index in [1.807, 2.05) is 44.2 Å². The van der Waals surface area contributed by atoms with Crippen LogP contribution in [0, 0.1) is 0 Å². The lowest BCUT2D eigenvalue weighted by atomic mass is 10.2. The number of aromatic amines is 1. The average Bonchev–Trinajstić information content (AvgIpc) is 2.85. The topological polar surface area (TPSA) is 67.9 Å². The quantitative estimate of drug-likeness (QED) is 0.679. The van der Waals surface area contributed by atoms with Crippen molar-refractivity contribution in [2.75, 3.05) is 5.75 Å². The van der Waals surface area contributed by atoms with Gasteiger partial charge in [0.1, 0.15) is 0 Å². The van der Waals surface area contributed by atoms with E-state index in [4.69, 9.17) is 4.74 Å². The van der Waals surface area contributed by atoms with Crippen molar-refractivity contribution in [2.45, 2.75) is 25.1 Å². The van der Waals surface area contributed by atoms with Crippen LogP contribution >= 0.6 is 24.2 Å². The molecule has 0 atom stereocenters. The number of halogens is 1. The largest absolute Gasteiger partial charge is 0.462 e. The lowest BCUT2D eigenvalue weighted by molar-refractivity contribution is -0.144. The molecule has 1 aromatic carbocycles. The van der Waals surface area contributed by atoms with Gasteiger partial charge in [0.05, 0.1) is 11.9 Å². The van der Waals surface area contributed by atoms with E-state index in [0.717, 1.165) is 5.56 Å². The molecule has 0 amide bonds. The van der Waals surface area contributed by atoms with E-state index >= 15 is 0 Å². The zero-order chi connectivity index (χ0) is 13.7. The van der Waals surface area contributed by atoms with Crippen molar-refractivity contribution >= 4 is 30.1 Å². The van der Waals surface area contributed by atoms with Gasteiger partial charge in [0, 0.05) is 5.56 Å². The minimum Gasteiger partial charge on any atom is -0.462 e. The van der Waals surface area contributed by atoms with Crippen molar-refractivity contribution in [3.05, 3.63) is 30.3 Å². The third kappa shape index (κ3) is 4.86. The molecule has 0 radical (unpaired) electrons. The number of esters is 1. The number of nitrogens with zero attached hydrogens (tertiary/aromatic N) is 2. The maximum absolute atomic E-state index is 11.4. The molecule has 0 aliphatic heterocycles. The molecule has 0 unspecified atom stereocenters. The van der Waals surface area contributed by atoms with E-state index in [9.17, 15) is 4.79 Å². The van der Waals surface area contributed by atoms with Gasteiger partial charge in [-0.1, -0.05) is 42.1 Å². The van der Waals surface area contributed by atoms with Crippen LogP contribution in [-0.2, 0) is 9.53 Å². The molecule has 0 fully saturated rings. The Morgan fingerprint density at radius 1 is 1.35 bits per heavy atom. The van der Waals surface area contributed by atoms with Crippen LogP contribution in [0.15, 0.2) is 35.5 Å². The molecule has 7 heteroatoms. The lowest BCUT2D eigenvalue weighted by Gasteiger charge is -2.05. The van der Waals surface area contributed by atoms with Crippen molar-refractivity contribution in [3.63, 3.8) is 0 Å². The number of rotatable bonds is 5. The number of H-pyrrole nitrogens is 1. The number of hydrogen-bond acceptors (Lipinski definition) is 5. The van der Waals surface area contributed by atoms with Gasteiger partial charge in [-0.2, -0.15) is 0 Å². The second kappa shape index (κ2) is 7.91. The molecule has 5 nitrogen and oxygen atoms in total. The van der Waals surface area contributed by atoms with Crippen LogP contribution in [0.2, 0.25) is 0 Å². The number of aromatic nitrogens is 3. The second-order valence-corrected chi connectivity index (χ2v) is 5.10. The lowest BCUT2D eigenvalue weighted by Crippen LogP contribution is -2.13. The van der Waals surface area contributed by atoms with Crippen LogP contribution in [0.25, 0.3) is 11.4 Å². The first-order valence-corrected chi connectivity index (χ1v) is 6.94. The Morgan fingerprint density at radius 2 is 2.05 bits per heavy atom. The molecule has 20 heavy (non-hydrogen) atoms. The zero-order valence-corrected chi connectivity index (χ0v) is 12.8. The van der Waals surface area contributed by atoms with Crippen LogP contribution in [-0.4, -0.2) is 33.0 Å². The summed E-state index contributed by atoms with van der Waals surface area (Å²) in [7, 11) is 0. The molecule has 0 bridgehead atoms. The molecule has 0 saturated carbocycles. The summed E-state index contributed by atoms with van der Waals surface area (Å²) in [6.07, 6.45) is -0.0971. The Hall–Kier alpha value is -1.53. The smallest absolute Gasteiger partial charge is 0.316 e. The van der Waals surface area contributed by atoms with Crippen molar-refractivity contribution < 1.29 is 9.53 Å². The van der Waals surface area contributed by atoms with Gasteiger partial charge >= 0.3 is 5.97 Å². The molecule has 1 aromatic heterocycles. The number of carbonyl (C=O) groups excluding carboxylic acids is 1. The Morgan fingerprint density at radius 3 is 2.70 bits per heavy atom. The van der Waals surface area contributed by atoms with Crippen molar-refractivity contribution in [1.29, 1.82) is 0 Å². The van der Waals surface area contributed by atoms with E-state index in [0.29, 0.717) is 11.0 Å². The van der Waals surface area contributed by atoms with E-state index in [2.05, 4.69) is 15.2 Å². The van der Waals surface area contributed by atoms with Gasteiger partial charge in [-0.05, 0) is 13.8 Å². The van der Waals surface area contributed by atoms with Gasteiger partial charge in [-0.3, -0.25) is 9.89 Å². The first kappa shape index (κ1) is 16.5. The maximum atomic E-state index is 11.4. The summed E-state index contributed by atoms with van der Waals surface area (Å²) >= 11 is 1.26. The highest BCUT2D eigenvalue weighted by atomic mass is 35.5. The molecule has 0 aliphatic rings. The molecule has 1 N–H and O–H groups in total. The second-order valence-electron chi connectivity index (χ2n) is 4.16. The molecule has 2 aromatic rings. The number of carbonyl (C=O) groups is 1. The van der Waals surface area contributed by atoms with Gasteiger partial charge in [0.25, 0.3) is 0 Å². The zero-order valence-electron chi connectivity index (χ0n) is 11.2. The average molecular weight is 314 g/mol. The third-order valence-electron chi connectivity index (χ3n) is 2.20. The summed E-state index contributed by atoms with van der Waals surface area (Å²) in [5, 5.41) is 7.46. The fourth-order valence-corrected chi connectivity index (χ4v) is 2.04. The highest BCUT2D eigenvalue weighted by molar-refractivity contribution is 7.99. The van der Waals surface area contributed by atoms with Crippen molar-refractivity contribution in [2.24, 2.45) is 0 Å². The molecular formula is C13H16ClN3O2S. The monoisotopic (exact) mass is 313 g/mol. The van der Waals surface area contributed by atoms with E-state index < -0.39 is 0 Å². The van der Waals surface area contributed by atoms with Gasteiger partial charge in [-0.15, -0.1) is 17.5 Å². The van der Waals surface area contributed by atoms with Crippen LogP contribution in [0.5, 0.6) is 0 Å². The molecular weight excluding hydrogens is 298 g/mol. The Labute approximate surface area is 127 Å². The summed E-state index contributed by atoms with van der Waals surface area (Å²) in [4.78, 5) is 15.7. The summed E-state index contributed by atoms with van der Waals surface area (Å²) in [5.41, 5.74) is 0.964. The van der Waals surface area contributed by atoms with Crippen LogP contribution in [0.3, 0.4) is 0 Å². The number of nitrogens with one attached hydrogen (secondary N) is 1. The van der Waals surface area contributed by atoms with Gasteiger partial charge in [0.2, 0.25) is 5.16 Å². The number of ether oxygens (including phenoxy) is 1. The highest BCUT2D eigenvalue weighted by Gasteiger charge is 2.10. The summed E-state index contributed by atoms with van der Waals surface area (Å²) in [5.74, 6) is 0.649. The molecule has 0 saturated heterocycles. The third-order valence-corrected chi connectivity index (χ3v) is 3.02. The number of thioether (sulfide) groups is 1. The Bertz CT molecular complexity index is 546. The van der Waals surface area contributed by atoms with E-state index in [1.165, 1.54) is 11.8 Å². The molecule has 2 rings (SSSR count). The van der Waals surface area contributed by atoms with Crippen molar-refractivity contribution in [3.8, 4) is 11.4 Å². The summed E-state index contributed by atoms with van der Waals surface area (Å²) < 4.78 is 5.04. The van der Waals surface area contributed by atoms with Gasteiger partial charge < -0.3 is 4.74 Å². The number of hydrogen-bond donors (Lipinski definition) is 1. The molecule has 0 aliphatic carbocycles. The Balaban J connectivity index is 0.00000200. The first-order chi connectivity index (χ1) is 9.15. The molecule has 108 valence electrons. The highest BCUT2D eigenvalue weighted by Crippen LogP contribution is 2.18. The van der Waals surface area contributed by atoms with E-state index in [-0.39, 0.29) is 30.2 Å². The SMILES string of the molecule is CC(C)OC(=O)CSc1n[nH]c(-c2ccccc2)n1.Cl. The van der Waals surface area contributed by atoms with Crippen LogP contribution in [0.1, 0.15) is 13.8 Å². The molecule has 1 heterocycles. The van der Waals surface area contributed by atoms with Gasteiger partial charge in [0.15, 0.2) is 5.82 Å². The van der Waals surface area contributed by atoms with Crippen LogP contribution in [0.4, 0.5) is 0 Å². The summed E-state index contributed by atoms with van der Waals surface area (Å²) in [6, 6.07) is 9.71.